The van der Waals surface area contributed by atoms with Crippen LogP contribution in [0.25, 0.3) is 6.08 Å². The summed E-state index contributed by atoms with van der Waals surface area (Å²) in [5.41, 5.74) is 0.208. The Bertz CT molecular complexity index is 1080. The Kier molecular flexibility index (Phi) is 6.31. The molecule has 0 bridgehead atoms. The Morgan fingerprint density at radius 3 is 2.57 bits per heavy atom. The number of rotatable bonds is 5. The summed E-state index contributed by atoms with van der Waals surface area (Å²) in [7, 11) is 1.41. The number of barbiturate groups is 1. The number of carbonyl (C=O) groups is 4. The largest absolute Gasteiger partial charge is 0.495 e. The fourth-order valence-corrected chi connectivity index (χ4v) is 3.14. The molecule has 9 heteroatoms. The highest BCUT2D eigenvalue weighted by atomic mass is 79.9. The minimum atomic E-state index is -0.890. The van der Waals surface area contributed by atoms with Gasteiger partial charge in [0, 0.05) is 16.5 Å². The van der Waals surface area contributed by atoms with Gasteiger partial charge in [-0.3, -0.25) is 19.7 Å². The van der Waals surface area contributed by atoms with Gasteiger partial charge in [0.15, 0.2) is 0 Å². The van der Waals surface area contributed by atoms with Crippen molar-refractivity contribution in [2.24, 2.45) is 0 Å². The number of ether oxygens (including phenoxy) is 2. The van der Waals surface area contributed by atoms with Gasteiger partial charge in [0.2, 0.25) is 0 Å². The molecule has 0 spiro atoms. The zero-order chi connectivity index (χ0) is 21.8. The van der Waals surface area contributed by atoms with E-state index >= 15 is 0 Å². The van der Waals surface area contributed by atoms with Crippen LogP contribution in [-0.2, 0) is 14.4 Å². The van der Waals surface area contributed by atoms with Gasteiger partial charge < -0.3 is 9.47 Å². The number of esters is 1. The van der Waals surface area contributed by atoms with Crippen molar-refractivity contribution in [3.8, 4) is 11.5 Å². The molecular formula is C21H17BrN2O6. The number of amides is 4. The van der Waals surface area contributed by atoms with Gasteiger partial charge in [-0.15, -0.1) is 0 Å². The number of nitrogens with one attached hydrogen (secondary N) is 1. The lowest BCUT2D eigenvalue weighted by Gasteiger charge is -2.27. The van der Waals surface area contributed by atoms with Crippen LogP contribution in [0.1, 0.15) is 18.9 Å². The number of hydrogen-bond acceptors (Lipinski definition) is 6. The first kappa shape index (κ1) is 21.3. The van der Waals surface area contributed by atoms with Crippen LogP contribution in [0.15, 0.2) is 52.5 Å². The van der Waals surface area contributed by atoms with Crippen molar-refractivity contribution in [2.75, 3.05) is 12.0 Å². The number of urea groups is 1. The minimum absolute atomic E-state index is 0.154. The van der Waals surface area contributed by atoms with E-state index in [1.165, 1.54) is 19.3 Å². The maximum absolute atomic E-state index is 13.1. The topological polar surface area (TPSA) is 102 Å². The van der Waals surface area contributed by atoms with E-state index in [2.05, 4.69) is 21.2 Å². The van der Waals surface area contributed by atoms with E-state index in [-0.39, 0.29) is 29.2 Å². The first-order valence-corrected chi connectivity index (χ1v) is 9.69. The minimum Gasteiger partial charge on any atom is -0.495 e. The number of halogens is 1. The molecule has 0 aromatic heterocycles. The maximum Gasteiger partial charge on any atom is 0.336 e. The van der Waals surface area contributed by atoms with Crippen LogP contribution < -0.4 is 19.7 Å². The van der Waals surface area contributed by atoms with E-state index in [9.17, 15) is 19.2 Å². The fourth-order valence-electron chi connectivity index (χ4n) is 2.77. The zero-order valence-electron chi connectivity index (χ0n) is 16.1. The third kappa shape index (κ3) is 4.25. The van der Waals surface area contributed by atoms with Gasteiger partial charge in [-0.05, 0) is 36.4 Å². The predicted molar refractivity (Wildman–Crippen MR) is 112 cm³/mol. The molecule has 0 radical (unpaired) electrons. The van der Waals surface area contributed by atoms with Gasteiger partial charge in [-0.1, -0.05) is 35.0 Å². The summed E-state index contributed by atoms with van der Waals surface area (Å²) in [6.07, 6.45) is 1.43. The lowest BCUT2D eigenvalue weighted by molar-refractivity contribution is -0.134. The molecule has 1 saturated heterocycles. The molecule has 0 saturated carbocycles. The van der Waals surface area contributed by atoms with Crippen molar-refractivity contribution in [1.29, 1.82) is 0 Å². The van der Waals surface area contributed by atoms with Crippen LogP contribution in [-0.4, -0.2) is 30.9 Å². The molecule has 154 valence electrons. The molecule has 1 N–H and O–H groups in total. The molecule has 8 nitrogen and oxygen atoms in total. The van der Waals surface area contributed by atoms with E-state index in [0.29, 0.717) is 10.0 Å². The van der Waals surface area contributed by atoms with E-state index in [1.807, 2.05) is 0 Å². The van der Waals surface area contributed by atoms with E-state index in [4.69, 9.17) is 9.47 Å². The summed E-state index contributed by atoms with van der Waals surface area (Å²) in [5.74, 6) is -1.69. The highest BCUT2D eigenvalue weighted by molar-refractivity contribution is 9.10. The van der Waals surface area contributed by atoms with Crippen LogP contribution in [0.4, 0.5) is 10.5 Å². The quantitative estimate of drug-likeness (QED) is 0.309. The molecule has 30 heavy (non-hydrogen) atoms. The molecule has 3 rings (SSSR count). The Morgan fingerprint density at radius 1 is 1.13 bits per heavy atom. The number of nitrogens with zero attached hydrogens (tertiary/aromatic N) is 1. The second kappa shape index (κ2) is 8.91. The molecular weight excluding hydrogens is 456 g/mol. The Hall–Kier alpha value is -3.46. The predicted octanol–water partition coefficient (Wildman–Crippen LogP) is 3.44. The van der Waals surface area contributed by atoms with Gasteiger partial charge >= 0.3 is 12.0 Å². The molecule has 1 aliphatic heterocycles. The summed E-state index contributed by atoms with van der Waals surface area (Å²) in [6, 6.07) is 10.3. The smallest absolute Gasteiger partial charge is 0.336 e. The number of hydrogen-bond donors (Lipinski definition) is 1. The second-order valence-corrected chi connectivity index (χ2v) is 7.06. The van der Waals surface area contributed by atoms with Gasteiger partial charge in [0.1, 0.15) is 17.1 Å². The van der Waals surface area contributed by atoms with Gasteiger partial charge in [0.25, 0.3) is 11.8 Å². The zero-order valence-corrected chi connectivity index (χ0v) is 17.7. The van der Waals surface area contributed by atoms with Crippen molar-refractivity contribution >= 4 is 51.5 Å². The van der Waals surface area contributed by atoms with Crippen molar-refractivity contribution < 1.29 is 28.7 Å². The summed E-state index contributed by atoms with van der Waals surface area (Å²) in [5, 5.41) is 2.15. The van der Waals surface area contributed by atoms with Crippen LogP contribution in [0.5, 0.6) is 11.5 Å². The molecule has 2 aromatic rings. The number of carbonyl (C=O) groups excluding carboxylic acids is 4. The van der Waals surface area contributed by atoms with Crippen LogP contribution in [0.3, 0.4) is 0 Å². The first-order chi connectivity index (χ1) is 14.3. The molecule has 1 fully saturated rings. The summed E-state index contributed by atoms with van der Waals surface area (Å²) in [6.45, 7) is 1.65. The lowest BCUT2D eigenvalue weighted by atomic mass is 10.1. The molecule has 0 unspecified atom stereocenters. The average molecular weight is 473 g/mol. The van der Waals surface area contributed by atoms with Crippen LogP contribution in [0.2, 0.25) is 0 Å². The van der Waals surface area contributed by atoms with Crippen molar-refractivity contribution in [3.05, 3.63) is 58.1 Å². The monoisotopic (exact) mass is 472 g/mol. The van der Waals surface area contributed by atoms with Crippen molar-refractivity contribution in [1.82, 2.24) is 5.32 Å². The molecule has 1 heterocycles. The molecule has 0 atom stereocenters. The first-order valence-electron chi connectivity index (χ1n) is 8.90. The summed E-state index contributed by atoms with van der Waals surface area (Å²) in [4.78, 5) is 50.5. The van der Waals surface area contributed by atoms with Crippen LogP contribution >= 0.6 is 15.9 Å². The number of para-hydroxylation sites is 2. The lowest BCUT2D eigenvalue weighted by Crippen LogP contribution is -2.54. The van der Waals surface area contributed by atoms with Gasteiger partial charge in [0.05, 0.1) is 12.8 Å². The summed E-state index contributed by atoms with van der Waals surface area (Å²) >= 11 is 3.32. The van der Waals surface area contributed by atoms with E-state index in [0.717, 1.165) is 4.90 Å². The maximum atomic E-state index is 13.1. The third-order valence-electron chi connectivity index (χ3n) is 4.21. The molecule has 0 aliphatic carbocycles. The number of methoxy groups -OCH3 is 1. The molecule has 1 aliphatic rings. The highest BCUT2D eigenvalue weighted by Gasteiger charge is 2.38. The van der Waals surface area contributed by atoms with Gasteiger partial charge in [-0.2, -0.15) is 0 Å². The number of anilines is 1. The second-order valence-electron chi connectivity index (χ2n) is 6.14. The van der Waals surface area contributed by atoms with Gasteiger partial charge in [-0.25, -0.2) is 9.69 Å². The third-order valence-corrected chi connectivity index (χ3v) is 4.71. The Labute approximate surface area is 180 Å². The van der Waals surface area contributed by atoms with E-state index in [1.54, 1.807) is 43.3 Å². The van der Waals surface area contributed by atoms with E-state index < -0.39 is 23.8 Å². The van der Waals surface area contributed by atoms with Crippen molar-refractivity contribution in [2.45, 2.75) is 13.3 Å². The number of benzene rings is 2. The molecule has 4 amide bonds. The standard InChI is InChI=1S/C21H17BrN2O6/c1-3-18(25)30-16-9-8-13(22)10-12(16)11-14-19(26)23-21(28)24(20(14)27)15-6-4-5-7-17(15)29-2/h4-11H,3H2,1-2H3,(H,23,26,28)/b14-11-. The Balaban J connectivity index is 2.08. The summed E-state index contributed by atoms with van der Waals surface area (Å²) < 4.78 is 11.2. The Morgan fingerprint density at radius 2 is 1.87 bits per heavy atom. The normalized spacial score (nSPS) is 15.2. The highest BCUT2D eigenvalue weighted by Crippen LogP contribution is 2.32. The molecule has 2 aromatic carbocycles. The SMILES string of the molecule is CCC(=O)Oc1ccc(Br)cc1/C=C1/C(=O)NC(=O)N(c2ccccc2OC)C1=O. The van der Waals surface area contributed by atoms with Crippen molar-refractivity contribution in [3.63, 3.8) is 0 Å². The average Bonchev–Trinajstić information content (AvgIpc) is 2.73. The number of imide groups is 2. The van der Waals surface area contributed by atoms with Crippen LogP contribution in [0, 0.1) is 0 Å². The fraction of sp³-hybridized carbons (Fsp3) is 0.143.